The minimum atomic E-state index is -4.96. The largest absolute Gasteiger partial charge is 1.00 e. The van der Waals surface area contributed by atoms with Crippen LogP contribution < -0.4 is 51.4 Å². The van der Waals surface area contributed by atoms with Crippen molar-refractivity contribution in [2.45, 2.75) is 19.8 Å². The van der Waals surface area contributed by atoms with Crippen molar-refractivity contribution in [3.05, 3.63) is 12.1 Å². The van der Waals surface area contributed by atoms with Crippen LogP contribution in [0, 0.1) is 0 Å². The van der Waals surface area contributed by atoms with Crippen molar-refractivity contribution < 1.29 is 73.8 Å². The first-order valence-electron chi connectivity index (χ1n) is 5.01. The second-order valence-corrected chi connectivity index (χ2v) is 3.25. The fourth-order valence-corrected chi connectivity index (χ4v) is 0.764. The van der Waals surface area contributed by atoms with Crippen molar-refractivity contribution in [3.8, 4) is 0 Å². The SMILES string of the molecule is C=C(COCCOCCCC)[B-](F)(F)F.[K+]. The van der Waals surface area contributed by atoms with Crippen molar-refractivity contribution in [2.24, 2.45) is 0 Å². The average molecular weight is 264 g/mol. The van der Waals surface area contributed by atoms with Crippen LogP contribution in [0.5, 0.6) is 0 Å². The van der Waals surface area contributed by atoms with Crippen LogP contribution in [-0.4, -0.2) is 33.4 Å². The van der Waals surface area contributed by atoms with Crippen molar-refractivity contribution in [1.29, 1.82) is 0 Å². The summed E-state index contributed by atoms with van der Waals surface area (Å²) in [4.78, 5) is 0. The Hall–Kier alpha value is 1.15. The monoisotopic (exact) mass is 264 g/mol. The van der Waals surface area contributed by atoms with Crippen LogP contribution >= 0.6 is 0 Å². The van der Waals surface area contributed by atoms with Gasteiger partial charge in [-0.25, -0.2) is 0 Å². The van der Waals surface area contributed by atoms with Gasteiger partial charge in [0, 0.05) is 13.2 Å². The third kappa shape index (κ3) is 11.6. The molecule has 0 saturated heterocycles. The maximum absolute atomic E-state index is 12.0. The zero-order chi connectivity index (χ0) is 11.7. The molecule has 0 aromatic rings. The van der Waals surface area contributed by atoms with E-state index in [4.69, 9.17) is 9.47 Å². The zero-order valence-electron chi connectivity index (χ0n) is 9.98. The molecule has 0 aromatic carbocycles. The van der Waals surface area contributed by atoms with Crippen LogP contribution in [-0.2, 0) is 9.47 Å². The molecule has 0 spiro atoms. The predicted octanol–water partition coefficient (Wildman–Crippen LogP) is -0.234. The van der Waals surface area contributed by atoms with Gasteiger partial charge in [-0.05, 0) is 6.42 Å². The number of hydrogen-bond acceptors (Lipinski definition) is 2. The van der Waals surface area contributed by atoms with E-state index in [0.717, 1.165) is 12.8 Å². The summed E-state index contributed by atoms with van der Waals surface area (Å²) in [6.07, 6.45) is 1.99. The van der Waals surface area contributed by atoms with Crippen molar-refractivity contribution >= 4 is 6.98 Å². The number of ether oxygens (including phenoxy) is 2. The van der Waals surface area contributed by atoms with Crippen LogP contribution in [0.2, 0.25) is 0 Å². The summed E-state index contributed by atoms with van der Waals surface area (Å²) in [7, 11) is 0. The van der Waals surface area contributed by atoms with Crippen LogP contribution in [0.1, 0.15) is 19.8 Å². The Morgan fingerprint density at radius 3 is 2.19 bits per heavy atom. The first-order chi connectivity index (χ1) is 6.98. The molecular formula is C9H17BF3KO2. The second kappa shape index (κ2) is 11.3. The summed E-state index contributed by atoms with van der Waals surface area (Å²) in [6.45, 7) is 0.663. The molecular weight excluding hydrogens is 247 g/mol. The van der Waals surface area contributed by atoms with Gasteiger partial charge in [0.15, 0.2) is 0 Å². The fourth-order valence-electron chi connectivity index (χ4n) is 0.764. The molecule has 0 fully saturated rings. The van der Waals surface area contributed by atoms with Crippen LogP contribution in [0.3, 0.4) is 0 Å². The van der Waals surface area contributed by atoms with Crippen LogP contribution in [0.25, 0.3) is 0 Å². The van der Waals surface area contributed by atoms with Crippen LogP contribution in [0.15, 0.2) is 12.1 Å². The maximum Gasteiger partial charge on any atom is 1.00 e. The Balaban J connectivity index is 0. The van der Waals surface area contributed by atoms with E-state index in [1.54, 1.807) is 0 Å². The van der Waals surface area contributed by atoms with Gasteiger partial charge in [-0.3, -0.25) is 0 Å². The summed E-state index contributed by atoms with van der Waals surface area (Å²) >= 11 is 0. The molecule has 2 nitrogen and oxygen atoms in total. The fraction of sp³-hybridized carbons (Fsp3) is 0.778. The average Bonchev–Trinajstić information content (AvgIpc) is 2.14. The smallest absolute Gasteiger partial charge is 0.445 e. The molecule has 7 heteroatoms. The third-order valence-electron chi connectivity index (χ3n) is 1.76. The maximum atomic E-state index is 12.0. The minimum Gasteiger partial charge on any atom is -0.445 e. The summed E-state index contributed by atoms with van der Waals surface area (Å²) in [5.74, 6) is 0. The first-order valence-corrected chi connectivity index (χ1v) is 5.01. The van der Waals surface area contributed by atoms with E-state index in [-0.39, 0.29) is 58.0 Å². The molecule has 0 N–H and O–H groups in total. The standard InChI is InChI=1S/C9H17BF3O2.K/c1-3-4-5-14-6-7-15-8-9(2)10(11,12)13;/h2-8H2,1H3;/q-1;+1. The molecule has 0 unspecified atom stereocenters. The minimum absolute atomic E-state index is 0. The molecule has 0 bridgehead atoms. The molecule has 0 aliphatic rings. The van der Waals surface area contributed by atoms with Gasteiger partial charge in [-0.1, -0.05) is 13.3 Å². The Morgan fingerprint density at radius 1 is 1.12 bits per heavy atom. The van der Waals surface area contributed by atoms with E-state index in [9.17, 15) is 12.9 Å². The van der Waals surface area contributed by atoms with Gasteiger partial charge in [-0.2, -0.15) is 0 Å². The van der Waals surface area contributed by atoms with Gasteiger partial charge in [0.25, 0.3) is 0 Å². The van der Waals surface area contributed by atoms with E-state index in [1.807, 2.05) is 6.92 Å². The summed E-state index contributed by atoms with van der Waals surface area (Å²) < 4.78 is 45.8. The van der Waals surface area contributed by atoms with Crippen molar-refractivity contribution in [2.75, 3.05) is 26.4 Å². The Bertz CT molecular complexity index is 188. The number of unbranched alkanes of at least 4 members (excludes halogenated alkanes) is 1. The molecule has 0 heterocycles. The number of rotatable bonds is 9. The zero-order valence-corrected chi connectivity index (χ0v) is 13.1. The van der Waals surface area contributed by atoms with E-state index < -0.39 is 19.1 Å². The van der Waals surface area contributed by atoms with E-state index in [0.29, 0.717) is 13.2 Å². The first kappa shape index (κ1) is 19.5. The summed E-state index contributed by atoms with van der Waals surface area (Å²) in [5.41, 5.74) is -0.802. The van der Waals surface area contributed by atoms with Gasteiger partial charge in [0.05, 0.1) is 13.2 Å². The topological polar surface area (TPSA) is 18.5 Å². The molecule has 0 radical (unpaired) electrons. The van der Waals surface area contributed by atoms with Gasteiger partial charge >= 0.3 is 58.4 Å². The Morgan fingerprint density at radius 2 is 1.69 bits per heavy atom. The predicted molar refractivity (Wildman–Crippen MR) is 54.8 cm³/mol. The third-order valence-corrected chi connectivity index (χ3v) is 1.76. The van der Waals surface area contributed by atoms with Gasteiger partial charge < -0.3 is 22.4 Å². The van der Waals surface area contributed by atoms with Gasteiger partial charge in [-0.15, -0.1) is 12.1 Å². The van der Waals surface area contributed by atoms with Crippen molar-refractivity contribution in [1.82, 2.24) is 0 Å². The normalized spacial score (nSPS) is 11.0. The molecule has 0 aliphatic carbocycles. The molecule has 0 aromatic heterocycles. The van der Waals surface area contributed by atoms with Gasteiger partial charge in [0.1, 0.15) is 0 Å². The molecule has 0 rings (SSSR count). The molecule has 0 atom stereocenters. The summed E-state index contributed by atoms with van der Waals surface area (Å²) in [6, 6.07) is 0. The molecule has 0 saturated carbocycles. The number of halogens is 3. The summed E-state index contributed by atoms with van der Waals surface area (Å²) in [5, 5.41) is 0. The van der Waals surface area contributed by atoms with Crippen LogP contribution in [0.4, 0.5) is 12.9 Å². The van der Waals surface area contributed by atoms with E-state index in [2.05, 4.69) is 6.58 Å². The molecule has 0 amide bonds. The van der Waals surface area contributed by atoms with Crippen molar-refractivity contribution in [3.63, 3.8) is 0 Å². The second-order valence-electron chi connectivity index (χ2n) is 3.25. The molecule has 16 heavy (non-hydrogen) atoms. The van der Waals surface area contributed by atoms with Gasteiger partial charge in [0.2, 0.25) is 0 Å². The van der Waals surface area contributed by atoms with E-state index in [1.165, 1.54) is 0 Å². The number of hydrogen-bond donors (Lipinski definition) is 0. The quantitative estimate of drug-likeness (QED) is 0.423. The Labute approximate surface area is 137 Å². The molecule has 0 aliphatic heterocycles. The van der Waals surface area contributed by atoms with E-state index >= 15 is 0 Å². The molecule has 90 valence electrons. The Kier molecular flexibility index (Phi) is 13.7.